The van der Waals surface area contributed by atoms with Gasteiger partial charge in [0.25, 0.3) is 11.8 Å². The largest absolute Gasteiger partial charge is 0.444 e. The van der Waals surface area contributed by atoms with Crippen molar-refractivity contribution in [2.75, 3.05) is 11.9 Å². The van der Waals surface area contributed by atoms with Gasteiger partial charge in [0, 0.05) is 23.8 Å². The molecule has 0 spiro atoms. The van der Waals surface area contributed by atoms with Crippen LogP contribution >= 0.6 is 0 Å². The van der Waals surface area contributed by atoms with E-state index in [1.807, 2.05) is 30.3 Å². The van der Waals surface area contributed by atoms with Gasteiger partial charge in [-0.1, -0.05) is 36.4 Å². The minimum absolute atomic E-state index is 0.0144. The SMILES string of the molecule is CC(C)(C)OC(=O)NC(CNC(=O)c1cccc(NC(=O)C(O)C(N)CCc2ccccc2)c1)Cc1cc(F)ccc1F. The Hall–Kier alpha value is -4.35. The fraction of sp³-hybridized carbons (Fsp3) is 0.344. The number of benzene rings is 3. The molecular formula is C32H38F2N4O5. The zero-order valence-electron chi connectivity index (χ0n) is 24.4. The number of nitrogens with one attached hydrogen (secondary N) is 3. The summed E-state index contributed by atoms with van der Waals surface area (Å²) in [7, 11) is 0. The van der Waals surface area contributed by atoms with Crippen molar-refractivity contribution in [2.24, 2.45) is 5.73 Å². The fourth-order valence-corrected chi connectivity index (χ4v) is 4.22. The number of ether oxygens (including phenoxy) is 1. The average Bonchev–Trinajstić information content (AvgIpc) is 2.95. The molecule has 3 aromatic rings. The second kappa shape index (κ2) is 15.2. The summed E-state index contributed by atoms with van der Waals surface area (Å²) in [5, 5.41) is 18.3. The van der Waals surface area contributed by atoms with E-state index in [1.54, 1.807) is 32.9 Å². The minimum Gasteiger partial charge on any atom is -0.444 e. The van der Waals surface area contributed by atoms with E-state index < -0.39 is 53.3 Å². The maximum atomic E-state index is 14.3. The van der Waals surface area contributed by atoms with Gasteiger partial charge >= 0.3 is 6.09 Å². The summed E-state index contributed by atoms with van der Waals surface area (Å²) in [5.41, 5.74) is 6.74. The number of carbonyl (C=O) groups excluding carboxylic acids is 3. The number of hydrogen-bond acceptors (Lipinski definition) is 6. The van der Waals surface area contributed by atoms with Crippen LogP contribution in [0.1, 0.15) is 48.7 Å². The summed E-state index contributed by atoms with van der Waals surface area (Å²) in [6, 6.07) is 16.9. The van der Waals surface area contributed by atoms with Gasteiger partial charge in [0.15, 0.2) is 0 Å². The normalized spacial score (nSPS) is 13.4. The van der Waals surface area contributed by atoms with E-state index in [-0.39, 0.29) is 29.8 Å². The van der Waals surface area contributed by atoms with Gasteiger partial charge in [-0.15, -0.1) is 0 Å². The molecule has 0 bridgehead atoms. The molecule has 0 radical (unpaired) electrons. The fourth-order valence-electron chi connectivity index (χ4n) is 4.22. The number of anilines is 1. The second-order valence-corrected chi connectivity index (χ2v) is 11.2. The van der Waals surface area contributed by atoms with Crippen molar-refractivity contribution in [3.63, 3.8) is 0 Å². The standard InChI is InChI=1S/C32H38F2N4O5/c1-32(2,3)43-31(42)38-25(18-22-16-23(33)13-14-26(22)34)19-36-29(40)21-10-7-11-24(17-21)37-30(41)28(39)27(35)15-12-20-8-5-4-6-9-20/h4-11,13-14,16-17,25,27-28,39H,12,15,18-19,35H2,1-3H3,(H,36,40)(H,37,41)(H,38,42). The number of halogens is 2. The Morgan fingerprint density at radius 2 is 1.70 bits per heavy atom. The van der Waals surface area contributed by atoms with Crippen LogP contribution in [0.4, 0.5) is 19.3 Å². The van der Waals surface area contributed by atoms with E-state index in [2.05, 4.69) is 16.0 Å². The Morgan fingerprint density at radius 1 is 0.977 bits per heavy atom. The molecule has 0 aliphatic rings. The molecule has 6 N–H and O–H groups in total. The van der Waals surface area contributed by atoms with Crippen LogP contribution in [0.15, 0.2) is 72.8 Å². The molecule has 230 valence electrons. The van der Waals surface area contributed by atoms with E-state index in [1.165, 1.54) is 12.1 Å². The number of aliphatic hydroxyl groups excluding tert-OH is 1. The molecule has 0 heterocycles. The van der Waals surface area contributed by atoms with Gasteiger partial charge < -0.3 is 31.5 Å². The monoisotopic (exact) mass is 596 g/mol. The number of amides is 3. The Morgan fingerprint density at radius 3 is 2.40 bits per heavy atom. The molecule has 0 saturated carbocycles. The molecule has 0 fully saturated rings. The molecule has 3 unspecified atom stereocenters. The predicted molar refractivity (Wildman–Crippen MR) is 159 cm³/mol. The van der Waals surface area contributed by atoms with E-state index in [0.717, 1.165) is 23.8 Å². The van der Waals surface area contributed by atoms with Crippen molar-refractivity contribution < 1.29 is 33.0 Å². The van der Waals surface area contributed by atoms with E-state index in [4.69, 9.17) is 10.5 Å². The predicted octanol–water partition coefficient (Wildman–Crippen LogP) is 4.09. The Kier molecular flexibility index (Phi) is 11.7. The maximum Gasteiger partial charge on any atom is 0.407 e. The van der Waals surface area contributed by atoms with Crippen LogP contribution in [0.25, 0.3) is 0 Å². The van der Waals surface area contributed by atoms with Crippen LogP contribution < -0.4 is 21.7 Å². The number of rotatable bonds is 12. The minimum atomic E-state index is -1.47. The van der Waals surface area contributed by atoms with Crippen LogP contribution in [-0.4, -0.2) is 53.3 Å². The molecule has 3 atom stereocenters. The molecule has 3 amide bonds. The number of aliphatic hydroxyl groups is 1. The average molecular weight is 597 g/mol. The first-order valence-corrected chi connectivity index (χ1v) is 13.9. The third-order valence-electron chi connectivity index (χ3n) is 6.38. The molecule has 3 rings (SSSR count). The topological polar surface area (TPSA) is 143 Å². The highest BCUT2D eigenvalue weighted by molar-refractivity contribution is 5.98. The quantitative estimate of drug-likeness (QED) is 0.213. The first-order valence-electron chi connectivity index (χ1n) is 13.9. The highest BCUT2D eigenvalue weighted by atomic mass is 19.1. The van der Waals surface area contributed by atoms with Gasteiger partial charge in [-0.3, -0.25) is 9.59 Å². The second-order valence-electron chi connectivity index (χ2n) is 11.2. The number of nitrogens with two attached hydrogens (primary N) is 1. The Bertz CT molecular complexity index is 1400. The van der Waals surface area contributed by atoms with Crippen LogP contribution in [0.2, 0.25) is 0 Å². The van der Waals surface area contributed by atoms with Gasteiger partial charge in [-0.2, -0.15) is 0 Å². The lowest BCUT2D eigenvalue weighted by Crippen LogP contribution is -2.46. The lowest BCUT2D eigenvalue weighted by Gasteiger charge is -2.24. The molecular weight excluding hydrogens is 558 g/mol. The zero-order valence-corrected chi connectivity index (χ0v) is 24.4. The van der Waals surface area contributed by atoms with Gasteiger partial charge in [-0.25, -0.2) is 13.6 Å². The van der Waals surface area contributed by atoms with Gasteiger partial charge in [-0.05, 0) is 87.6 Å². The summed E-state index contributed by atoms with van der Waals surface area (Å²) in [6.07, 6.45) is -1.39. The molecule has 0 aromatic heterocycles. The van der Waals surface area contributed by atoms with Gasteiger partial charge in [0.1, 0.15) is 23.3 Å². The van der Waals surface area contributed by atoms with Gasteiger partial charge in [0.2, 0.25) is 0 Å². The summed E-state index contributed by atoms with van der Waals surface area (Å²) in [4.78, 5) is 38.0. The van der Waals surface area contributed by atoms with Crippen LogP contribution in [0.3, 0.4) is 0 Å². The van der Waals surface area contributed by atoms with Gasteiger partial charge in [0.05, 0.1) is 6.04 Å². The van der Waals surface area contributed by atoms with Crippen molar-refractivity contribution in [2.45, 2.75) is 63.8 Å². The zero-order chi connectivity index (χ0) is 31.6. The van der Waals surface area contributed by atoms with E-state index in [9.17, 15) is 28.3 Å². The van der Waals surface area contributed by atoms with Crippen molar-refractivity contribution in [1.82, 2.24) is 10.6 Å². The lowest BCUT2D eigenvalue weighted by molar-refractivity contribution is -0.125. The lowest BCUT2D eigenvalue weighted by atomic mass is 10.0. The molecule has 0 aliphatic heterocycles. The van der Waals surface area contributed by atoms with Crippen molar-refractivity contribution >= 4 is 23.6 Å². The van der Waals surface area contributed by atoms with Crippen molar-refractivity contribution in [3.05, 3.63) is 101 Å². The molecule has 0 aliphatic carbocycles. The molecule has 0 saturated heterocycles. The number of hydrogen-bond donors (Lipinski definition) is 5. The first-order chi connectivity index (χ1) is 20.3. The number of carbonyl (C=O) groups is 3. The van der Waals surface area contributed by atoms with E-state index in [0.29, 0.717) is 12.8 Å². The summed E-state index contributed by atoms with van der Waals surface area (Å²) >= 11 is 0. The number of alkyl carbamates (subject to hydrolysis) is 1. The third kappa shape index (κ3) is 11.1. The third-order valence-corrected chi connectivity index (χ3v) is 6.38. The number of aryl methyl sites for hydroxylation is 1. The summed E-state index contributed by atoms with van der Waals surface area (Å²) < 4.78 is 33.3. The molecule has 9 nitrogen and oxygen atoms in total. The molecule has 43 heavy (non-hydrogen) atoms. The first kappa shape index (κ1) is 33.2. The summed E-state index contributed by atoms with van der Waals surface area (Å²) in [6.45, 7) is 4.90. The van der Waals surface area contributed by atoms with Crippen molar-refractivity contribution in [3.8, 4) is 0 Å². The van der Waals surface area contributed by atoms with Crippen molar-refractivity contribution in [1.29, 1.82) is 0 Å². The van der Waals surface area contributed by atoms with Crippen LogP contribution in [0, 0.1) is 11.6 Å². The highest BCUT2D eigenvalue weighted by Crippen LogP contribution is 2.15. The molecule has 11 heteroatoms. The smallest absolute Gasteiger partial charge is 0.407 e. The Labute approximate surface area is 249 Å². The summed E-state index contributed by atoms with van der Waals surface area (Å²) in [5.74, 6) is -2.56. The van der Waals surface area contributed by atoms with Crippen LogP contribution in [-0.2, 0) is 22.4 Å². The maximum absolute atomic E-state index is 14.3. The van der Waals surface area contributed by atoms with E-state index >= 15 is 0 Å². The molecule has 3 aromatic carbocycles. The van der Waals surface area contributed by atoms with Crippen LogP contribution in [0.5, 0.6) is 0 Å². The Balaban J connectivity index is 1.61. The highest BCUT2D eigenvalue weighted by Gasteiger charge is 2.24.